The van der Waals surface area contributed by atoms with Crippen molar-refractivity contribution in [2.45, 2.75) is 18.8 Å². The van der Waals surface area contributed by atoms with E-state index in [4.69, 9.17) is 10.5 Å². The normalized spacial score (nSPS) is 16.5. The zero-order valence-corrected chi connectivity index (χ0v) is 20.3. The minimum atomic E-state index is -0.724. The number of Topliss-reactive ketones (excluding diaryl/α,β-unsaturated/α-hetero) is 1. The highest BCUT2D eigenvalue weighted by Gasteiger charge is 2.39. The second-order valence-electron chi connectivity index (χ2n) is 8.85. The zero-order valence-electron chi connectivity index (χ0n) is 20.3. The van der Waals surface area contributed by atoms with Crippen LogP contribution in [0.5, 0.6) is 5.75 Å². The van der Waals surface area contributed by atoms with Crippen molar-refractivity contribution in [3.05, 3.63) is 71.8 Å². The minimum absolute atomic E-state index is 0.244. The van der Waals surface area contributed by atoms with Gasteiger partial charge in [-0.25, -0.2) is 4.98 Å². The van der Waals surface area contributed by atoms with E-state index < -0.39 is 23.5 Å². The number of piperidine rings is 1. The Labute approximate surface area is 213 Å². The number of anilines is 1. The number of carbonyl (C=O) groups excluding carboxylic acids is 3. The van der Waals surface area contributed by atoms with Crippen molar-refractivity contribution < 1.29 is 19.1 Å². The van der Waals surface area contributed by atoms with Crippen molar-refractivity contribution in [3.63, 3.8) is 0 Å². The summed E-state index contributed by atoms with van der Waals surface area (Å²) < 4.78 is 5.49. The van der Waals surface area contributed by atoms with Gasteiger partial charge in [0.1, 0.15) is 17.1 Å². The molecule has 2 aromatic heterocycles. The maximum Gasteiger partial charge on any atom is 0.290 e. The Morgan fingerprint density at radius 1 is 1.05 bits per heavy atom. The third-order valence-electron chi connectivity index (χ3n) is 6.78. The number of carbonyl (C=O) groups is 3. The Morgan fingerprint density at radius 3 is 2.46 bits per heavy atom. The average Bonchev–Trinajstić information content (AvgIpc) is 3.38. The highest BCUT2D eigenvalue weighted by Crippen LogP contribution is 2.43. The van der Waals surface area contributed by atoms with Gasteiger partial charge in [-0.3, -0.25) is 24.4 Å². The van der Waals surface area contributed by atoms with Crippen molar-refractivity contribution >= 4 is 28.9 Å². The Bertz CT molecular complexity index is 1380. The number of amides is 2. The Hall–Kier alpha value is -4.60. The SMILES string of the molecule is COc1cnc(-c2cnccn2)c2c1C(C(=O)C(=O)N1CCC(=C(C(N)=O)c3ccccc3)CC1)CN2. The number of nitrogens with zero attached hydrogens (tertiary/aromatic N) is 4. The number of ether oxygens (including phenoxy) is 1. The van der Waals surface area contributed by atoms with E-state index in [1.165, 1.54) is 13.3 Å². The molecule has 0 saturated carbocycles. The number of aromatic nitrogens is 3. The van der Waals surface area contributed by atoms with Gasteiger partial charge in [-0.1, -0.05) is 35.9 Å². The number of pyridine rings is 1. The van der Waals surface area contributed by atoms with Gasteiger partial charge in [-0.05, 0) is 18.4 Å². The fraction of sp³-hybridized carbons (Fsp3) is 0.259. The standard InChI is InChI=1S/C27H26N6O4/c1-37-20-15-32-23(19-14-29-9-10-30-19)24-22(20)18(13-31-24)25(34)27(36)33-11-7-17(8-12-33)21(26(28)35)16-5-3-2-4-6-16/h2-6,9-10,14-15,18,31H,7-8,11-13H2,1H3,(H2,28,35). The van der Waals surface area contributed by atoms with Gasteiger partial charge in [-0.2, -0.15) is 0 Å². The molecule has 4 heterocycles. The number of ketones is 1. The number of nitrogens with one attached hydrogen (secondary N) is 1. The molecule has 3 aromatic rings. The molecule has 1 saturated heterocycles. The first-order valence-corrected chi connectivity index (χ1v) is 12.0. The summed E-state index contributed by atoms with van der Waals surface area (Å²) >= 11 is 0. The molecule has 3 N–H and O–H groups in total. The Morgan fingerprint density at radius 2 is 1.81 bits per heavy atom. The molecule has 1 atom stereocenters. The lowest BCUT2D eigenvalue weighted by Gasteiger charge is -2.30. The van der Waals surface area contributed by atoms with Crippen molar-refractivity contribution in [1.29, 1.82) is 0 Å². The molecule has 1 unspecified atom stereocenters. The monoisotopic (exact) mass is 498 g/mol. The van der Waals surface area contributed by atoms with Crippen molar-refractivity contribution in [2.24, 2.45) is 5.73 Å². The maximum atomic E-state index is 13.4. The minimum Gasteiger partial charge on any atom is -0.495 e. The number of benzene rings is 1. The molecule has 10 heteroatoms. The molecule has 0 radical (unpaired) electrons. The molecule has 5 rings (SSSR count). The summed E-state index contributed by atoms with van der Waals surface area (Å²) in [6, 6.07) is 9.26. The zero-order chi connectivity index (χ0) is 25.9. The van der Waals surface area contributed by atoms with E-state index in [0.717, 1.165) is 11.1 Å². The number of hydrogen-bond donors (Lipinski definition) is 2. The molecule has 37 heavy (non-hydrogen) atoms. The first-order chi connectivity index (χ1) is 18.0. The summed E-state index contributed by atoms with van der Waals surface area (Å²) in [5, 5.41) is 3.22. The quantitative estimate of drug-likeness (QED) is 0.389. The van der Waals surface area contributed by atoms with Crippen LogP contribution in [-0.2, 0) is 14.4 Å². The molecular formula is C27H26N6O4. The van der Waals surface area contributed by atoms with Crippen LogP contribution in [0.25, 0.3) is 17.0 Å². The van der Waals surface area contributed by atoms with E-state index in [1.54, 1.807) is 23.5 Å². The fourth-order valence-corrected chi connectivity index (χ4v) is 5.00. The summed E-state index contributed by atoms with van der Waals surface area (Å²) in [6.45, 7) is 0.901. The largest absolute Gasteiger partial charge is 0.495 e. The third kappa shape index (κ3) is 4.53. The lowest BCUT2D eigenvalue weighted by atomic mass is 9.91. The van der Waals surface area contributed by atoms with Gasteiger partial charge < -0.3 is 20.7 Å². The molecule has 0 bridgehead atoms. The van der Waals surface area contributed by atoms with Crippen LogP contribution in [0.1, 0.15) is 29.9 Å². The van der Waals surface area contributed by atoms with Crippen LogP contribution < -0.4 is 15.8 Å². The highest BCUT2D eigenvalue weighted by molar-refractivity contribution is 6.38. The van der Waals surface area contributed by atoms with Gasteiger partial charge in [0.05, 0.1) is 31.1 Å². The van der Waals surface area contributed by atoms with Crippen LogP contribution in [0.15, 0.2) is 60.7 Å². The summed E-state index contributed by atoms with van der Waals surface area (Å²) in [7, 11) is 1.50. The number of methoxy groups -OCH3 is 1. The molecule has 2 aliphatic rings. The molecule has 10 nitrogen and oxygen atoms in total. The van der Waals surface area contributed by atoms with Crippen LogP contribution >= 0.6 is 0 Å². The summed E-state index contributed by atoms with van der Waals surface area (Å²) in [6.07, 6.45) is 7.19. The van der Waals surface area contributed by atoms with Gasteiger partial charge in [0, 0.05) is 43.2 Å². The van der Waals surface area contributed by atoms with Gasteiger partial charge in [0.15, 0.2) is 0 Å². The second-order valence-corrected chi connectivity index (χ2v) is 8.85. The van der Waals surface area contributed by atoms with Crippen LogP contribution in [-0.4, -0.2) is 64.2 Å². The van der Waals surface area contributed by atoms with Gasteiger partial charge in [0.2, 0.25) is 11.7 Å². The Kier molecular flexibility index (Phi) is 6.63. The van der Waals surface area contributed by atoms with Gasteiger partial charge in [0.25, 0.3) is 5.91 Å². The lowest BCUT2D eigenvalue weighted by Crippen LogP contribution is -2.43. The Balaban J connectivity index is 1.37. The summed E-state index contributed by atoms with van der Waals surface area (Å²) in [4.78, 5) is 53.3. The summed E-state index contributed by atoms with van der Waals surface area (Å²) in [5.74, 6) is -1.87. The number of hydrogen-bond acceptors (Lipinski definition) is 8. The number of rotatable bonds is 6. The number of nitrogens with two attached hydrogens (primary N) is 1. The van der Waals surface area contributed by atoms with Crippen molar-refractivity contribution in [2.75, 3.05) is 32.1 Å². The molecule has 0 spiro atoms. The van der Waals surface area contributed by atoms with Gasteiger partial charge in [-0.15, -0.1) is 0 Å². The lowest BCUT2D eigenvalue weighted by molar-refractivity contribution is -0.145. The molecule has 188 valence electrons. The second kappa shape index (κ2) is 10.2. The number of likely N-dealkylation sites (tertiary alicyclic amines) is 1. The molecule has 1 aromatic carbocycles. The fourth-order valence-electron chi connectivity index (χ4n) is 5.00. The van der Waals surface area contributed by atoms with Crippen LogP contribution in [0.2, 0.25) is 0 Å². The van der Waals surface area contributed by atoms with Crippen LogP contribution in [0.3, 0.4) is 0 Å². The van der Waals surface area contributed by atoms with Crippen molar-refractivity contribution in [1.82, 2.24) is 19.9 Å². The third-order valence-corrected chi connectivity index (χ3v) is 6.78. The summed E-state index contributed by atoms with van der Waals surface area (Å²) in [5.41, 5.74) is 10.1. The first-order valence-electron chi connectivity index (χ1n) is 12.0. The number of fused-ring (bicyclic) bond motifs is 1. The predicted octanol–water partition coefficient (Wildman–Crippen LogP) is 2.19. The van der Waals surface area contributed by atoms with E-state index in [2.05, 4.69) is 20.3 Å². The van der Waals surface area contributed by atoms with E-state index in [-0.39, 0.29) is 6.54 Å². The van der Waals surface area contributed by atoms with E-state index in [0.29, 0.717) is 59.9 Å². The van der Waals surface area contributed by atoms with E-state index >= 15 is 0 Å². The van der Waals surface area contributed by atoms with Crippen LogP contribution in [0, 0.1) is 0 Å². The van der Waals surface area contributed by atoms with E-state index in [1.807, 2.05) is 30.3 Å². The molecule has 2 aliphatic heterocycles. The molecule has 0 aliphatic carbocycles. The molecule has 1 fully saturated rings. The maximum absolute atomic E-state index is 13.4. The molecular weight excluding hydrogens is 472 g/mol. The van der Waals surface area contributed by atoms with Gasteiger partial charge >= 0.3 is 0 Å². The smallest absolute Gasteiger partial charge is 0.290 e. The topological polar surface area (TPSA) is 140 Å². The highest BCUT2D eigenvalue weighted by atomic mass is 16.5. The first kappa shape index (κ1) is 24.1. The molecule has 2 amide bonds. The van der Waals surface area contributed by atoms with E-state index in [9.17, 15) is 14.4 Å². The van der Waals surface area contributed by atoms with Crippen molar-refractivity contribution in [3.8, 4) is 17.1 Å². The number of primary amides is 1. The van der Waals surface area contributed by atoms with Crippen LogP contribution in [0.4, 0.5) is 5.69 Å². The average molecular weight is 499 g/mol. The predicted molar refractivity (Wildman–Crippen MR) is 136 cm³/mol.